The van der Waals surface area contributed by atoms with E-state index in [-0.39, 0.29) is 12.5 Å². The Kier molecular flexibility index (Phi) is 6.65. The average Bonchev–Trinajstić information content (AvgIpc) is 3.53. The molecule has 1 aromatic rings. The number of nitrogens with one attached hydrogen (secondary N) is 1. The molecule has 2 fully saturated rings. The van der Waals surface area contributed by atoms with E-state index in [9.17, 15) is 14.0 Å². The third-order valence-corrected chi connectivity index (χ3v) is 4.99. The molecule has 0 radical (unpaired) electrons. The molecule has 0 unspecified atom stereocenters. The van der Waals surface area contributed by atoms with Gasteiger partial charge in [0.1, 0.15) is 23.5 Å². The first-order valence-electron chi connectivity index (χ1n) is 10.2. The summed E-state index contributed by atoms with van der Waals surface area (Å²) >= 11 is 0. The molecule has 29 heavy (non-hydrogen) atoms. The topological polar surface area (TPSA) is 73.9 Å². The maximum absolute atomic E-state index is 12.9. The molecule has 0 spiro atoms. The Balaban J connectivity index is 1.67. The zero-order chi connectivity index (χ0) is 21.0. The zero-order valence-corrected chi connectivity index (χ0v) is 17.3. The molecule has 1 aromatic carbocycles. The van der Waals surface area contributed by atoms with E-state index in [4.69, 9.17) is 14.2 Å². The molecule has 1 N–H and O–H groups in total. The van der Waals surface area contributed by atoms with Crippen molar-refractivity contribution in [2.24, 2.45) is 11.8 Å². The summed E-state index contributed by atoms with van der Waals surface area (Å²) in [5.74, 6) is 0.860. The number of esters is 1. The monoisotopic (exact) mass is 407 g/mol. The van der Waals surface area contributed by atoms with E-state index in [1.165, 1.54) is 0 Å². The van der Waals surface area contributed by atoms with Gasteiger partial charge in [0.2, 0.25) is 6.86 Å². The van der Waals surface area contributed by atoms with Gasteiger partial charge >= 0.3 is 12.1 Å². The van der Waals surface area contributed by atoms with Crippen molar-refractivity contribution < 1.29 is 28.2 Å². The Bertz CT molecular complexity index is 695. The minimum absolute atomic E-state index is 0.0502. The van der Waals surface area contributed by atoms with Gasteiger partial charge < -0.3 is 19.5 Å². The highest BCUT2D eigenvalue weighted by Gasteiger charge is 2.45. The van der Waals surface area contributed by atoms with Gasteiger partial charge in [-0.2, -0.15) is 0 Å². The molecule has 1 atom stereocenters. The molecule has 0 saturated heterocycles. The van der Waals surface area contributed by atoms with E-state index >= 15 is 0 Å². The second kappa shape index (κ2) is 9.01. The van der Waals surface area contributed by atoms with Crippen LogP contribution in [0.2, 0.25) is 0 Å². The van der Waals surface area contributed by atoms with Gasteiger partial charge in [-0.25, -0.2) is 14.0 Å². The van der Waals surface area contributed by atoms with Crippen LogP contribution in [0.3, 0.4) is 0 Å². The van der Waals surface area contributed by atoms with Crippen molar-refractivity contribution >= 4 is 12.1 Å². The lowest BCUT2D eigenvalue weighted by Crippen LogP contribution is -2.46. The first-order chi connectivity index (χ1) is 13.7. The van der Waals surface area contributed by atoms with Gasteiger partial charge in [-0.05, 0) is 76.0 Å². The molecule has 0 bridgehead atoms. The third kappa shape index (κ3) is 6.91. The van der Waals surface area contributed by atoms with E-state index in [2.05, 4.69) is 5.32 Å². The van der Waals surface area contributed by atoms with E-state index in [1.807, 2.05) is 0 Å². The number of alkyl halides is 1. The first-order valence-corrected chi connectivity index (χ1v) is 10.2. The van der Waals surface area contributed by atoms with Gasteiger partial charge in [0.25, 0.3) is 0 Å². The standard InChI is InChI=1S/C22H30FNO5/c1-22(2,3)29-21(26)24-18(12-14-4-10-17(11-5-14)27-13-23)20(25)28-19(15-6-7-15)16-8-9-16/h4-5,10-11,15-16,18-19H,6-9,12-13H2,1-3H3,(H,24,26)/t18-/m0/s1. The quantitative estimate of drug-likeness (QED) is 0.622. The average molecular weight is 407 g/mol. The van der Waals surface area contributed by atoms with E-state index < -0.39 is 30.6 Å². The second-order valence-electron chi connectivity index (χ2n) is 8.88. The van der Waals surface area contributed by atoms with Crippen LogP contribution in [0.15, 0.2) is 24.3 Å². The molecule has 3 rings (SSSR count). The fourth-order valence-electron chi connectivity index (χ4n) is 3.31. The first kappa shape index (κ1) is 21.4. The van der Waals surface area contributed by atoms with E-state index in [1.54, 1.807) is 45.0 Å². The van der Waals surface area contributed by atoms with Crippen LogP contribution in [-0.4, -0.2) is 36.7 Å². The van der Waals surface area contributed by atoms with E-state index in [0.717, 1.165) is 31.2 Å². The van der Waals surface area contributed by atoms with Crippen molar-refractivity contribution in [3.63, 3.8) is 0 Å². The number of carbonyl (C=O) groups excluding carboxylic acids is 2. The number of benzene rings is 1. The van der Waals surface area contributed by atoms with Crippen molar-refractivity contribution in [1.29, 1.82) is 0 Å². The summed E-state index contributed by atoms with van der Waals surface area (Å²) in [6.07, 6.45) is 3.90. The molecule has 0 aliphatic heterocycles. The molecule has 160 valence electrons. The molecule has 0 heterocycles. The molecule has 2 aliphatic rings. The van der Waals surface area contributed by atoms with E-state index in [0.29, 0.717) is 17.6 Å². The Morgan fingerprint density at radius 1 is 1.10 bits per heavy atom. The predicted octanol–water partition coefficient (Wildman–Crippen LogP) is 4.16. The van der Waals surface area contributed by atoms with Gasteiger partial charge in [0.05, 0.1) is 0 Å². The Labute approximate surface area is 171 Å². The number of carbonyl (C=O) groups is 2. The summed E-state index contributed by atoms with van der Waals surface area (Å²) in [7, 11) is 0. The van der Waals surface area contributed by atoms with Crippen LogP contribution in [0, 0.1) is 11.8 Å². The second-order valence-corrected chi connectivity index (χ2v) is 8.88. The number of ether oxygens (including phenoxy) is 3. The number of hydrogen-bond acceptors (Lipinski definition) is 5. The summed E-state index contributed by atoms with van der Waals surface area (Å²) in [4.78, 5) is 25.2. The van der Waals surface area contributed by atoms with Gasteiger partial charge in [0, 0.05) is 6.42 Å². The fraction of sp³-hybridized carbons (Fsp3) is 0.636. The molecule has 2 aliphatic carbocycles. The van der Waals surface area contributed by atoms with Crippen molar-refractivity contribution in [3.8, 4) is 5.75 Å². The van der Waals surface area contributed by atoms with Crippen LogP contribution < -0.4 is 10.1 Å². The summed E-state index contributed by atoms with van der Waals surface area (Å²) in [5, 5.41) is 2.66. The lowest BCUT2D eigenvalue weighted by Gasteiger charge is -2.25. The number of halogens is 1. The number of hydrogen-bond donors (Lipinski definition) is 1. The van der Waals surface area contributed by atoms with Crippen molar-refractivity contribution in [3.05, 3.63) is 29.8 Å². The van der Waals surface area contributed by atoms with Crippen LogP contribution in [0.5, 0.6) is 5.75 Å². The highest BCUT2D eigenvalue weighted by molar-refractivity contribution is 5.82. The van der Waals surface area contributed by atoms with Gasteiger partial charge in [0.15, 0.2) is 0 Å². The van der Waals surface area contributed by atoms with Crippen molar-refractivity contribution in [2.45, 2.75) is 70.6 Å². The summed E-state index contributed by atoms with van der Waals surface area (Å²) in [5.41, 5.74) is 0.123. The third-order valence-electron chi connectivity index (χ3n) is 4.99. The molecule has 1 amide bonds. The molecule has 7 heteroatoms. The normalized spacial score (nSPS) is 17.6. The highest BCUT2D eigenvalue weighted by atomic mass is 19.1. The predicted molar refractivity (Wildman–Crippen MR) is 105 cm³/mol. The minimum atomic E-state index is -0.905. The Morgan fingerprint density at radius 2 is 1.69 bits per heavy atom. The molecule has 2 saturated carbocycles. The van der Waals surface area contributed by atoms with Crippen molar-refractivity contribution in [1.82, 2.24) is 5.32 Å². The smallest absolute Gasteiger partial charge is 0.408 e. The molecule has 6 nitrogen and oxygen atoms in total. The minimum Gasteiger partial charge on any atom is -0.463 e. The highest BCUT2D eigenvalue weighted by Crippen LogP contribution is 2.46. The number of alkyl carbamates (subject to hydrolysis) is 1. The SMILES string of the molecule is CC(C)(C)OC(=O)N[C@@H](Cc1ccc(OCF)cc1)C(=O)OC(C1CC1)C1CC1. The van der Waals surface area contributed by atoms with Crippen LogP contribution >= 0.6 is 0 Å². The zero-order valence-electron chi connectivity index (χ0n) is 17.3. The lowest BCUT2D eigenvalue weighted by atomic mass is 10.1. The lowest BCUT2D eigenvalue weighted by molar-refractivity contribution is -0.154. The summed E-state index contributed by atoms with van der Waals surface area (Å²) in [6.45, 7) is 4.39. The maximum atomic E-state index is 12.9. The number of amides is 1. The van der Waals surface area contributed by atoms with Crippen LogP contribution in [0.1, 0.15) is 52.0 Å². The maximum Gasteiger partial charge on any atom is 0.408 e. The van der Waals surface area contributed by atoms with Gasteiger partial charge in [-0.15, -0.1) is 0 Å². The van der Waals surface area contributed by atoms with Crippen LogP contribution in [0.4, 0.5) is 9.18 Å². The molecule has 0 aromatic heterocycles. The van der Waals surface area contributed by atoms with Gasteiger partial charge in [-0.3, -0.25) is 0 Å². The summed E-state index contributed by atoms with van der Waals surface area (Å²) < 4.78 is 28.2. The Morgan fingerprint density at radius 3 is 2.17 bits per heavy atom. The Hall–Kier alpha value is -2.31. The van der Waals surface area contributed by atoms with Crippen molar-refractivity contribution in [2.75, 3.05) is 6.86 Å². The van der Waals surface area contributed by atoms with Crippen LogP contribution in [-0.2, 0) is 20.7 Å². The largest absolute Gasteiger partial charge is 0.463 e. The van der Waals surface area contributed by atoms with Crippen LogP contribution in [0.25, 0.3) is 0 Å². The fourth-order valence-corrected chi connectivity index (χ4v) is 3.31. The summed E-state index contributed by atoms with van der Waals surface area (Å²) in [6, 6.07) is 5.87. The van der Waals surface area contributed by atoms with Gasteiger partial charge in [-0.1, -0.05) is 12.1 Å². The number of rotatable bonds is 9. The molecular formula is C22H30FNO5. The molecular weight excluding hydrogens is 377 g/mol.